The Labute approximate surface area is 177 Å². The standard InChI is InChI=1S/C20H23F3N4O4/c1-3-30-19(29)26-8-6-25(7-9-26)18(28)17-12-27(13(2)31-17)15-5-4-14(11-24)16(10-15)20(21,22)23/h4-5,10,13,17H,3,6-9,12H2,1-2H3/t13-,17+/m1/s1. The third-order valence-corrected chi connectivity index (χ3v) is 5.32. The normalized spacial score (nSPS) is 21.7. The van der Waals surface area contributed by atoms with Gasteiger partial charge in [-0.15, -0.1) is 0 Å². The molecule has 2 aliphatic heterocycles. The summed E-state index contributed by atoms with van der Waals surface area (Å²) in [5.41, 5.74) is -1.26. The first-order valence-electron chi connectivity index (χ1n) is 9.89. The van der Waals surface area contributed by atoms with Crippen LogP contribution in [-0.2, 0) is 20.4 Å². The predicted molar refractivity (Wildman–Crippen MR) is 103 cm³/mol. The zero-order chi connectivity index (χ0) is 22.8. The summed E-state index contributed by atoms with van der Waals surface area (Å²) in [5, 5.41) is 8.96. The third kappa shape index (κ3) is 4.85. The first-order chi connectivity index (χ1) is 14.7. The lowest BCUT2D eigenvalue weighted by atomic mass is 10.1. The molecule has 2 fully saturated rings. The van der Waals surface area contributed by atoms with Gasteiger partial charge in [0.15, 0.2) is 6.10 Å². The van der Waals surface area contributed by atoms with Crippen LogP contribution in [0.1, 0.15) is 25.0 Å². The largest absolute Gasteiger partial charge is 0.450 e. The molecule has 8 nitrogen and oxygen atoms in total. The summed E-state index contributed by atoms with van der Waals surface area (Å²) in [7, 11) is 0. The molecule has 2 saturated heterocycles. The Morgan fingerprint density at radius 3 is 2.45 bits per heavy atom. The number of nitrogens with zero attached hydrogens (tertiary/aromatic N) is 4. The van der Waals surface area contributed by atoms with Crippen molar-refractivity contribution in [1.82, 2.24) is 9.80 Å². The topological polar surface area (TPSA) is 86.1 Å². The summed E-state index contributed by atoms with van der Waals surface area (Å²) in [6.07, 6.45) is -6.55. The number of piperazine rings is 1. The fourth-order valence-electron chi connectivity index (χ4n) is 3.70. The van der Waals surface area contributed by atoms with Crippen molar-refractivity contribution in [2.24, 2.45) is 0 Å². The van der Waals surface area contributed by atoms with E-state index in [0.717, 1.165) is 12.1 Å². The molecule has 11 heteroatoms. The highest BCUT2D eigenvalue weighted by Crippen LogP contribution is 2.36. The highest BCUT2D eigenvalue weighted by Gasteiger charge is 2.40. The first-order valence-corrected chi connectivity index (χ1v) is 9.89. The Balaban J connectivity index is 1.67. The van der Waals surface area contributed by atoms with E-state index in [1.807, 2.05) is 0 Å². The Kier molecular flexibility index (Phi) is 6.59. The second-order valence-corrected chi connectivity index (χ2v) is 7.23. The van der Waals surface area contributed by atoms with Gasteiger partial charge in [-0.25, -0.2) is 4.79 Å². The van der Waals surface area contributed by atoms with Gasteiger partial charge in [-0.1, -0.05) is 0 Å². The maximum absolute atomic E-state index is 13.3. The van der Waals surface area contributed by atoms with Gasteiger partial charge in [-0.2, -0.15) is 18.4 Å². The molecule has 0 aromatic heterocycles. The van der Waals surface area contributed by atoms with Gasteiger partial charge in [-0.05, 0) is 32.0 Å². The predicted octanol–water partition coefficient (Wildman–Crippen LogP) is 2.43. The van der Waals surface area contributed by atoms with E-state index in [1.54, 1.807) is 29.7 Å². The molecule has 1 aromatic rings. The van der Waals surface area contributed by atoms with Crippen molar-refractivity contribution in [3.63, 3.8) is 0 Å². The molecule has 2 amide bonds. The minimum atomic E-state index is -4.67. The van der Waals surface area contributed by atoms with Gasteiger partial charge in [0.05, 0.1) is 30.3 Å². The lowest BCUT2D eigenvalue weighted by Gasteiger charge is -2.35. The van der Waals surface area contributed by atoms with E-state index < -0.39 is 35.7 Å². The van der Waals surface area contributed by atoms with Gasteiger partial charge in [0.25, 0.3) is 5.91 Å². The molecule has 0 aliphatic carbocycles. The number of rotatable bonds is 3. The second kappa shape index (κ2) is 9.01. The smallest absolute Gasteiger partial charge is 0.417 e. The molecular weight excluding hydrogens is 417 g/mol. The van der Waals surface area contributed by atoms with E-state index >= 15 is 0 Å². The van der Waals surface area contributed by atoms with Crippen LogP contribution >= 0.6 is 0 Å². The number of halogens is 3. The molecule has 1 aromatic carbocycles. The van der Waals surface area contributed by atoms with Crippen LogP contribution in [0, 0.1) is 11.3 Å². The molecule has 168 valence electrons. The Hall–Kier alpha value is -3.00. The number of hydrogen-bond donors (Lipinski definition) is 0. The van der Waals surface area contributed by atoms with Crippen molar-refractivity contribution >= 4 is 17.7 Å². The quantitative estimate of drug-likeness (QED) is 0.718. The van der Waals surface area contributed by atoms with Crippen molar-refractivity contribution < 1.29 is 32.2 Å². The number of alkyl halides is 3. The molecule has 3 rings (SSSR count). The summed E-state index contributed by atoms with van der Waals surface area (Å²) in [6, 6.07) is 4.99. The van der Waals surface area contributed by atoms with Gasteiger partial charge < -0.3 is 24.2 Å². The second-order valence-electron chi connectivity index (χ2n) is 7.23. The Bertz CT molecular complexity index is 878. The lowest BCUT2D eigenvalue weighted by molar-refractivity contribution is -0.143. The fourth-order valence-corrected chi connectivity index (χ4v) is 3.70. The maximum Gasteiger partial charge on any atom is 0.417 e. The molecule has 2 atom stereocenters. The zero-order valence-corrected chi connectivity index (χ0v) is 17.2. The van der Waals surface area contributed by atoms with Crippen LogP contribution in [0.15, 0.2) is 18.2 Å². The third-order valence-electron chi connectivity index (χ3n) is 5.32. The van der Waals surface area contributed by atoms with Gasteiger partial charge in [0.1, 0.15) is 6.23 Å². The number of anilines is 1. The number of hydrogen-bond acceptors (Lipinski definition) is 6. The van der Waals surface area contributed by atoms with Crippen LogP contribution in [0.5, 0.6) is 0 Å². The molecule has 0 unspecified atom stereocenters. The van der Waals surface area contributed by atoms with E-state index in [-0.39, 0.29) is 24.7 Å². The van der Waals surface area contributed by atoms with Crippen LogP contribution in [-0.4, -0.2) is 73.5 Å². The molecule has 2 aliphatic rings. The summed E-state index contributed by atoms with van der Waals surface area (Å²) in [4.78, 5) is 29.3. The van der Waals surface area contributed by atoms with Crippen LogP contribution in [0.25, 0.3) is 0 Å². The highest BCUT2D eigenvalue weighted by molar-refractivity contribution is 5.82. The van der Waals surface area contributed by atoms with Crippen molar-refractivity contribution in [2.75, 3.05) is 44.2 Å². The van der Waals surface area contributed by atoms with E-state index in [2.05, 4.69) is 0 Å². The summed E-state index contributed by atoms with van der Waals surface area (Å²) < 4.78 is 50.5. The summed E-state index contributed by atoms with van der Waals surface area (Å²) in [5.74, 6) is -0.275. The van der Waals surface area contributed by atoms with E-state index in [0.29, 0.717) is 26.2 Å². The fraction of sp³-hybridized carbons (Fsp3) is 0.550. The van der Waals surface area contributed by atoms with Crippen LogP contribution in [0.3, 0.4) is 0 Å². The van der Waals surface area contributed by atoms with Crippen molar-refractivity contribution in [3.8, 4) is 6.07 Å². The average molecular weight is 440 g/mol. The monoisotopic (exact) mass is 440 g/mol. The minimum absolute atomic E-state index is 0.0846. The van der Waals surface area contributed by atoms with E-state index in [4.69, 9.17) is 14.7 Å². The number of carbonyl (C=O) groups excluding carboxylic acids is 2. The van der Waals surface area contributed by atoms with Crippen LogP contribution < -0.4 is 4.90 Å². The van der Waals surface area contributed by atoms with Crippen LogP contribution in [0.2, 0.25) is 0 Å². The molecule has 0 spiro atoms. The SMILES string of the molecule is CCOC(=O)N1CCN(C(=O)[C@@H]2CN(c3ccc(C#N)c(C(F)(F)F)c3)[C@@H](C)O2)CC1. The Morgan fingerprint density at radius 2 is 1.87 bits per heavy atom. The molecule has 0 radical (unpaired) electrons. The van der Waals surface area contributed by atoms with Crippen molar-refractivity contribution in [3.05, 3.63) is 29.3 Å². The number of amides is 2. The molecule has 31 heavy (non-hydrogen) atoms. The highest BCUT2D eigenvalue weighted by atomic mass is 19.4. The van der Waals surface area contributed by atoms with Gasteiger partial charge >= 0.3 is 12.3 Å². The van der Waals surface area contributed by atoms with Crippen molar-refractivity contribution in [1.29, 1.82) is 5.26 Å². The summed E-state index contributed by atoms with van der Waals surface area (Å²) >= 11 is 0. The summed E-state index contributed by atoms with van der Waals surface area (Å²) in [6.45, 7) is 5.03. The molecule has 0 saturated carbocycles. The van der Waals surface area contributed by atoms with Gasteiger partial charge in [0.2, 0.25) is 0 Å². The first kappa shape index (κ1) is 22.7. The number of ether oxygens (including phenoxy) is 2. The Morgan fingerprint density at radius 1 is 1.23 bits per heavy atom. The molecule has 0 N–H and O–H groups in total. The zero-order valence-electron chi connectivity index (χ0n) is 17.2. The van der Waals surface area contributed by atoms with E-state index in [1.165, 1.54) is 11.0 Å². The van der Waals surface area contributed by atoms with Crippen LogP contribution in [0.4, 0.5) is 23.7 Å². The minimum Gasteiger partial charge on any atom is -0.450 e. The number of carbonyl (C=O) groups is 2. The maximum atomic E-state index is 13.3. The van der Waals surface area contributed by atoms with E-state index in [9.17, 15) is 22.8 Å². The lowest BCUT2D eigenvalue weighted by Crippen LogP contribution is -2.53. The van der Waals surface area contributed by atoms with Gasteiger partial charge in [0, 0.05) is 31.9 Å². The average Bonchev–Trinajstić information content (AvgIpc) is 3.14. The number of benzene rings is 1. The molecular formula is C20H23F3N4O4. The molecule has 0 bridgehead atoms. The van der Waals surface area contributed by atoms with Crippen molar-refractivity contribution in [2.45, 2.75) is 32.4 Å². The molecule has 2 heterocycles. The number of nitriles is 1. The van der Waals surface area contributed by atoms with Gasteiger partial charge in [-0.3, -0.25) is 4.79 Å².